The number of anilines is 1. The smallest absolute Gasteiger partial charge is 0.327 e. The third-order valence-corrected chi connectivity index (χ3v) is 4.35. The van der Waals surface area contributed by atoms with Crippen LogP contribution < -0.4 is 11.1 Å². The molecule has 1 fully saturated rings. The fourth-order valence-corrected chi connectivity index (χ4v) is 2.99. The summed E-state index contributed by atoms with van der Waals surface area (Å²) < 4.78 is 0. The van der Waals surface area contributed by atoms with Crippen LogP contribution in [0.2, 0.25) is 0 Å². The van der Waals surface area contributed by atoms with Crippen LogP contribution in [0.1, 0.15) is 24.2 Å². The second-order valence-electron chi connectivity index (χ2n) is 6.19. The number of rotatable bonds is 5. The van der Waals surface area contributed by atoms with E-state index in [0.717, 1.165) is 4.90 Å². The number of carboxylic acid groups (broad SMARTS) is 1. The summed E-state index contributed by atoms with van der Waals surface area (Å²) in [6, 6.07) is 0.663. The van der Waals surface area contributed by atoms with Gasteiger partial charge >= 0.3 is 12.0 Å². The molecule has 3 unspecified atom stereocenters. The molecule has 0 radical (unpaired) electrons. The van der Waals surface area contributed by atoms with Crippen LogP contribution in [0.4, 0.5) is 10.6 Å². The van der Waals surface area contributed by atoms with Crippen LogP contribution in [0.5, 0.6) is 0 Å². The maximum absolute atomic E-state index is 12.5. The molecule has 0 saturated carbocycles. The number of aromatic nitrogens is 3. The number of imide groups is 1. The van der Waals surface area contributed by atoms with Gasteiger partial charge in [0.15, 0.2) is 6.04 Å². The van der Waals surface area contributed by atoms with E-state index in [1.54, 1.807) is 19.1 Å². The van der Waals surface area contributed by atoms with E-state index in [1.807, 2.05) is 0 Å². The predicted octanol–water partition coefficient (Wildman–Crippen LogP) is 0.379. The van der Waals surface area contributed by atoms with Crippen LogP contribution in [0.25, 0.3) is 0 Å². The fourth-order valence-electron chi connectivity index (χ4n) is 2.99. The molecular weight excluding hydrogens is 352 g/mol. The summed E-state index contributed by atoms with van der Waals surface area (Å²) >= 11 is 0. The number of pyridine rings is 1. The van der Waals surface area contributed by atoms with E-state index < -0.39 is 35.9 Å². The monoisotopic (exact) mass is 370 g/mol. The molecule has 2 aromatic rings. The Morgan fingerprint density at radius 3 is 2.74 bits per heavy atom. The van der Waals surface area contributed by atoms with Crippen molar-refractivity contribution >= 4 is 23.7 Å². The molecule has 1 aliphatic heterocycles. The van der Waals surface area contributed by atoms with Crippen molar-refractivity contribution in [2.75, 3.05) is 5.73 Å². The third kappa shape index (κ3) is 3.68. The first kappa shape index (κ1) is 18.2. The van der Waals surface area contributed by atoms with Crippen LogP contribution in [-0.4, -0.2) is 48.9 Å². The number of carbonyl (C=O) groups excluding carboxylic acids is 2. The van der Waals surface area contributed by atoms with E-state index >= 15 is 0 Å². The Balaban J connectivity index is 1.71. The summed E-state index contributed by atoms with van der Waals surface area (Å²) in [5, 5.41) is 12.1. The second-order valence-corrected chi connectivity index (χ2v) is 6.19. The van der Waals surface area contributed by atoms with Crippen molar-refractivity contribution in [1.29, 1.82) is 0 Å². The first-order valence-corrected chi connectivity index (χ1v) is 8.21. The topological polar surface area (TPSA) is 151 Å². The Kier molecular flexibility index (Phi) is 4.97. The summed E-state index contributed by atoms with van der Waals surface area (Å²) in [5.74, 6) is -2.37. The Bertz CT molecular complexity index is 875. The molecule has 27 heavy (non-hydrogen) atoms. The summed E-state index contributed by atoms with van der Waals surface area (Å²) in [7, 11) is 0. The molecule has 2 aromatic heterocycles. The first-order valence-electron chi connectivity index (χ1n) is 8.21. The molecular formula is C17H18N6O4. The van der Waals surface area contributed by atoms with Crippen molar-refractivity contribution in [3.8, 4) is 0 Å². The molecule has 3 heterocycles. The number of carbonyl (C=O) groups is 3. The quantitative estimate of drug-likeness (QED) is 0.639. The Labute approximate surface area is 154 Å². The zero-order valence-electron chi connectivity index (χ0n) is 14.4. The molecule has 0 bridgehead atoms. The Morgan fingerprint density at radius 2 is 2.11 bits per heavy atom. The number of nitrogens with two attached hydrogens (primary N) is 1. The molecule has 140 valence electrons. The third-order valence-electron chi connectivity index (χ3n) is 4.35. The van der Waals surface area contributed by atoms with Crippen LogP contribution >= 0.6 is 0 Å². The van der Waals surface area contributed by atoms with Gasteiger partial charge in [0.1, 0.15) is 5.82 Å². The molecule has 1 aliphatic rings. The molecule has 0 aliphatic carbocycles. The lowest BCUT2D eigenvalue weighted by atomic mass is 9.82. The van der Waals surface area contributed by atoms with Crippen LogP contribution in [-0.2, 0) is 16.0 Å². The number of hydrogen-bond donors (Lipinski definition) is 3. The van der Waals surface area contributed by atoms with Gasteiger partial charge in [0, 0.05) is 18.6 Å². The zero-order valence-corrected chi connectivity index (χ0v) is 14.4. The van der Waals surface area contributed by atoms with E-state index in [9.17, 15) is 19.5 Å². The normalized spacial score (nSPS) is 19.9. The van der Waals surface area contributed by atoms with Gasteiger partial charge in [-0.2, -0.15) is 0 Å². The molecule has 3 atom stereocenters. The van der Waals surface area contributed by atoms with Gasteiger partial charge < -0.3 is 16.2 Å². The molecule has 0 aromatic carbocycles. The van der Waals surface area contributed by atoms with Crippen molar-refractivity contribution in [1.82, 2.24) is 25.2 Å². The van der Waals surface area contributed by atoms with Gasteiger partial charge in [0.05, 0.1) is 23.9 Å². The highest BCUT2D eigenvalue weighted by molar-refractivity contribution is 6.07. The Hall–Kier alpha value is -3.56. The molecule has 3 amide bonds. The minimum Gasteiger partial charge on any atom is -0.480 e. The lowest BCUT2D eigenvalue weighted by molar-refractivity contribution is -0.165. The fraction of sp³-hybridized carbons (Fsp3) is 0.294. The van der Waals surface area contributed by atoms with E-state index in [1.165, 1.54) is 24.8 Å². The molecule has 1 saturated heterocycles. The standard InChI is InChI=1S/C17H18N6O4/c1-9(12-8-19-4-5-20-12)22-17(27)23-14(16(25)26)11(15(23)24)6-10-2-3-21-13(18)7-10/h2-5,7-9,11,14H,6H2,1H3,(H2,18,21)(H,22,27)(H,25,26). The average molecular weight is 370 g/mol. The van der Waals surface area contributed by atoms with Crippen molar-refractivity contribution in [3.63, 3.8) is 0 Å². The number of likely N-dealkylation sites (tertiary alicyclic amines) is 1. The summed E-state index contributed by atoms with van der Waals surface area (Å²) in [5.41, 5.74) is 6.79. The van der Waals surface area contributed by atoms with Gasteiger partial charge in [-0.3, -0.25) is 14.8 Å². The number of urea groups is 1. The van der Waals surface area contributed by atoms with Crippen molar-refractivity contribution in [2.24, 2.45) is 5.92 Å². The van der Waals surface area contributed by atoms with Crippen molar-refractivity contribution in [2.45, 2.75) is 25.4 Å². The SMILES string of the molecule is CC(NC(=O)N1C(=O)C(Cc2ccnc(N)c2)C1C(=O)O)c1cnccn1. The summed E-state index contributed by atoms with van der Waals surface area (Å²) in [4.78, 5) is 49.1. The number of nitrogens with zero attached hydrogens (tertiary/aromatic N) is 4. The molecule has 3 rings (SSSR count). The maximum Gasteiger partial charge on any atom is 0.327 e. The van der Waals surface area contributed by atoms with Gasteiger partial charge in [0.25, 0.3) is 0 Å². The van der Waals surface area contributed by atoms with E-state index in [-0.39, 0.29) is 12.2 Å². The van der Waals surface area contributed by atoms with Gasteiger partial charge in [-0.1, -0.05) is 0 Å². The number of carboxylic acids is 1. The minimum atomic E-state index is -1.25. The minimum absolute atomic E-state index is 0.159. The van der Waals surface area contributed by atoms with Crippen molar-refractivity contribution in [3.05, 3.63) is 48.2 Å². The molecule has 10 heteroatoms. The van der Waals surface area contributed by atoms with Gasteiger partial charge in [0.2, 0.25) is 5.91 Å². The highest BCUT2D eigenvalue weighted by atomic mass is 16.4. The average Bonchev–Trinajstić information content (AvgIpc) is 2.64. The number of β-lactam (4-membered cyclic amide) rings is 1. The maximum atomic E-state index is 12.5. The van der Waals surface area contributed by atoms with E-state index in [0.29, 0.717) is 11.3 Å². The largest absolute Gasteiger partial charge is 0.480 e. The number of aliphatic carboxylic acids is 1. The number of nitrogen functional groups attached to an aromatic ring is 1. The van der Waals surface area contributed by atoms with Gasteiger partial charge in [-0.05, 0) is 31.0 Å². The highest BCUT2D eigenvalue weighted by Gasteiger charge is 2.54. The first-order chi connectivity index (χ1) is 12.9. The lowest BCUT2D eigenvalue weighted by Crippen LogP contribution is -2.68. The summed E-state index contributed by atoms with van der Waals surface area (Å²) in [6.07, 6.45) is 6.09. The lowest BCUT2D eigenvalue weighted by Gasteiger charge is -2.43. The number of amides is 3. The molecule has 10 nitrogen and oxygen atoms in total. The van der Waals surface area contributed by atoms with Gasteiger partial charge in [-0.25, -0.2) is 19.5 Å². The molecule has 0 spiro atoms. The molecule has 4 N–H and O–H groups in total. The van der Waals surface area contributed by atoms with Crippen LogP contribution in [0.3, 0.4) is 0 Å². The van der Waals surface area contributed by atoms with Crippen molar-refractivity contribution < 1.29 is 19.5 Å². The van der Waals surface area contributed by atoms with E-state index in [4.69, 9.17) is 5.73 Å². The Morgan fingerprint density at radius 1 is 1.33 bits per heavy atom. The zero-order chi connectivity index (χ0) is 19.6. The summed E-state index contributed by atoms with van der Waals surface area (Å²) in [6.45, 7) is 1.67. The van der Waals surface area contributed by atoms with Crippen LogP contribution in [0.15, 0.2) is 36.9 Å². The number of hydrogen-bond acceptors (Lipinski definition) is 7. The number of nitrogens with one attached hydrogen (secondary N) is 1. The second kappa shape index (κ2) is 7.36. The van der Waals surface area contributed by atoms with E-state index in [2.05, 4.69) is 20.3 Å². The predicted molar refractivity (Wildman–Crippen MR) is 93.1 cm³/mol. The van der Waals surface area contributed by atoms with Gasteiger partial charge in [-0.15, -0.1) is 0 Å². The highest BCUT2D eigenvalue weighted by Crippen LogP contribution is 2.31. The van der Waals surface area contributed by atoms with Crippen LogP contribution in [0, 0.1) is 5.92 Å².